The van der Waals surface area contributed by atoms with Crippen molar-refractivity contribution in [1.82, 2.24) is 0 Å². The van der Waals surface area contributed by atoms with Gasteiger partial charge >= 0.3 is 22.4 Å². The number of carboxylic acids is 2. The van der Waals surface area contributed by atoms with Crippen LogP contribution >= 0.6 is 13.5 Å². The van der Waals surface area contributed by atoms with Crippen molar-refractivity contribution in [2.45, 2.75) is 12.8 Å². The molecule has 10 heavy (non-hydrogen) atoms. The molecule has 0 fully saturated rings. The Morgan fingerprint density at radius 3 is 1.30 bits per heavy atom. The molecular formula is C4H6AuO4S+. The quantitative estimate of drug-likeness (QED) is 0.524. The summed E-state index contributed by atoms with van der Waals surface area (Å²) in [6.45, 7) is 0. The molecule has 6 heteroatoms. The third-order valence-corrected chi connectivity index (χ3v) is 0.533. The summed E-state index contributed by atoms with van der Waals surface area (Å²) in [5, 5.41) is 19.0. The molecule has 0 N–H and O–H groups in total. The number of carboxylic acid groups (broad SMARTS) is 2. The van der Waals surface area contributed by atoms with Gasteiger partial charge in [0.15, 0.2) is 0 Å². The molecule has 0 saturated carbocycles. The van der Waals surface area contributed by atoms with Crippen molar-refractivity contribution in [3.8, 4) is 0 Å². The van der Waals surface area contributed by atoms with Gasteiger partial charge in [0.1, 0.15) is 0 Å². The van der Waals surface area contributed by atoms with E-state index >= 15 is 0 Å². The summed E-state index contributed by atoms with van der Waals surface area (Å²) in [6, 6.07) is 0. The van der Waals surface area contributed by atoms with E-state index in [0.29, 0.717) is 0 Å². The number of rotatable bonds is 3. The van der Waals surface area contributed by atoms with E-state index < -0.39 is 24.8 Å². The molecule has 0 heterocycles. The summed E-state index contributed by atoms with van der Waals surface area (Å²) in [6.07, 6.45) is -0.940. The van der Waals surface area contributed by atoms with Crippen molar-refractivity contribution in [2.24, 2.45) is 0 Å². The molecule has 0 aliphatic rings. The van der Waals surface area contributed by atoms with E-state index in [0.717, 1.165) is 0 Å². The first kappa shape index (κ1) is 16.5. The normalized spacial score (nSPS) is 6.80. The summed E-state index contributed by atoms with van der Waals surface area (Å²) in [7, 11) is 0. The van der Waals surface area contributed by atoms with Crippen molar-refractivity contribution >= 4 is 25.4 Å². The van der Waals surface area contributed by atoms with Crippen LogP contribution < -0.4 is 10.2 Å². The first-order valence-corrected chi connectivity index (χ1v) is 2.02. The van der Waals surface area contributed by atoms with Crippen LogP contribution in [0.1, 0.15) is 12.8 Å². The first-order valence-electron chi connectivity index (χ1n) is 2.02. The molecular weight excluding hydrogens is 341 g/mol. The molecule has 0 atom stereocenters. The van der Waals surface area contributed by atoms with E-state index in [1.807, 2.05) is 0 Å². The van der Waals surface area contributed by atoms with Crippen LogP contribution in [0.5, 0.6) is 0 Å². The molecule has 0 radical (unpaired) electrons. The van der Waals surface area contributed by atoms with Gasteiger partial charge in [0, 0.05) is 11.9 Å². The van der Waals surface area contributed by atoms with Gasteiger partial charge in [0.25, 0.3) is 0 Å². The van der Waals surface area contributed by atoms with Crippen molar-refractivity contribution < 1.29 is 42.2 Å². The van der Waals surface area contributed by atoms with E-state index in [4.69, 9.17) is 0 Å². The number of carbonyl (C=O) groups is 2. The second kappa shape index (κ2) is 9.03. The predicted octanol–water partition coefficient (Wildman–Crippen LogP) is -2.62. The smallest absolute Gasteiger partial charge is 0.550 e. The van der Waals surface area contributed by atoms with Crippen LogP contribution in [-0.4, -0.2) is 11.9 Å². The maximum Gasteiger partial charge on any atom is 3.00 e. The van der Waals surface area contributed by atoms with Crippen molar-refractivity contribution in [2.75, 3.05) is 0 Å². The zero-order valence-corrected chi connectivity index (χ0v) is 8.02. The molecule has 0 rings (SSSR count). The molecule has 0 bridgehead atoms. The monoisotopic (exact) mass is 347 g/mol. The molecule has 0 unspecified atom stereocenters. The fourth-order valence-corrected chi connectivity index (χ4v) is 0.204. The predicted molar refractivity (Wildman–Crippen MR) is 29.6 cm³/mol. The van der Waals surface area contributed by atoms with Crippen LogP contribution in [0.2, 0.25) is 0 Å². The van der Waals surface area contributed by atoms with Crippen LogP contribution in [0, 0.1) is 0 Å². The van der Waals surface area contributed by atoms with E-state index in [1.54, 1.807) is 0 Å². The summed E-state index contributed by atoms with van der Waals surface area (Å²) in [5.41, 5.74) is 0. The average Bonchev–Trinajstić information content (AvgIpc) is 1.61. The molecule has 0 aliphatic heterocycles. The Bertz CT molecular complexity index is 102. The molecule has 0 aromatic rings. The third kappa shape index (κ3) is 15.7. The van der Waals surface area contributed by atoms with Gasteiger partial charge in [-0.2, -0.15) is 13.5 Å². The summed E-state index contributed by atoms with van der Waals surface area (Å²) in [5.74, 6) is -2.73. The SMILES string of the molecule is O=C([O-])CCC(=O)[O-].S.[Au+3]. The topological polar surface area (TPSA) is 80.3 Å². The molecule has 0 amide bonds. The molecule has 0 spiro atoms. The van der Waals surface area contributed by atoms with Gasteiger partial charge in [-0.25, -0.2) is 0 Å². The van der Waals surface area contributed by atoms with Gasteiger partial charge in [-0.15, -0.1) is 0 Å². The maximum atomic E-state index is 9.50. The van der Waals surface area contributed by atoms with Gasteiger partial charge < -0.3 is 19.8 Å². The number of aliphatic carboxylic acids is 2. The van der Waals surface area contributed by atoms with Crippen molar-refractivity contribution in [1.29, 1.82) is 0 Å². The molecule has 0 aromatic carbocycles. The molecule has 0 aromatic heterocycles. The Kier molecular flexibility index (Phi) is 14.9. The van der Waals surface area contributed by atoms with Gasteiger partial charge in [-0.3, -0.25) is 0 Å². The minimum Gasteiger partial charge on any atom is -0.550 e. The first-order chi connectivity index (χ1) is 3.63. The molecule has 0 saturated heterocycles. The fraction of sp³-hybridized carbons (Fsp3) is 0.500. The van der Waals surface area contributed by atoms with Crippen LogP contribution in [-0.2, 0) is 32.0 Å². The minimum atomic E-state index is -1.37. The van der Waals surface area contributed by atoms with Gasteiger partial charge in [-0.1, -0.05) is 0 Å². The molecule has 4 nitrogen and oxygen atoms in total. The van der Waals surface area contributed by atoms with Crippen molar-refractivity contribution in [3.63, 3.8) is 0 Å². The Morgan fingerprint density at radius 1 is 1.00 bits per heavy atom. The van der Waals surface area contributed by atoms with E-state index in [2.05, 4.69) is 0 Å². The van der Waals surface area contributed by atoms with Crippen molar-refractivity contribution in [3.05, 3.63) is 0 Å². The minimum absolute atomic E-state index is 0. The Labute approximate surface area is 80.6 Å². The van der Waals surface area contributed by atoms with Gasteiger partial charge in [0.2, 0.25) is 0 Å². The summed E-state index contributed by atoms with van der Waals surface area (Å²) >= 11 is 0. The third-order valence-electron chi connectivity index (χ3n) is 0.533. The molecule has 0 aliphatic carbocycles. The second-order valence-corrected chi connectivity index (χ2v) is 1.24. The van der Waals surface area contributed by atoms with Gasteiger partial charge in [-0.05, 0) is 12.8 Å². The zero-order chi connectivity index (χ0) is 6.57. The fourth-order valence-electron chi connectivity index (χ4n) is 0.204. The van der Waals surface area contributed by atoms with E-state index in [1.165, 1.54) is 0 Å². The van der Waals surface area contributed by atoms with Crippen LogP contribution in [0.25, 0.3) is 0 Å². The van der Waals surface area contributed by atoms with Gasteiger partial charge in [0.05, 0.1) is 0 Å². The van der Waals surface area contributed by atoms with Crippen LogP contribution in [0.15, 0.2) is 0 Å². The van der Waals surface area contributed by atoms with E-state index in [9.17, 15) is 19.8 Å². The Hall–Kier alpha value is 0.0303. The number of carbonyl (C=O) groups excluding carboxylic acids is 2. The standard InChI is InChI=1S/C4H6O4.Au.H2S/c5-3(6)1-2-4(7)8;;/h1-2H2,(H,5,6)(H,7,8);;1H2/q;+3;/p-2. The summed E-state index contributed by atoms with van der Waals surface area (Å²) in [4.78, 5) is 19.0. The second-order valence-electron chi connectivity index (χ2n) is 1.24. The molecule has 62 valence electrons. The van der Waals surface area contributed by atoms with E-state index in [-0.39, 0.29) is 35.9 Å². The Morgan fingerprint density at radius 2 is 1.20 bits per heavy atom. The Balaban J connectivity index is -0.000000245. The maximum absolute atomic E-state index is 9.50. The summed E-state index contributed by atoms with van der Waals surface area (Å²) < 4.78 is 0. The number of hydrogen-bond acceptors (Lipinski definition) is 4. The van der Waals surface area contributed by atoms with Crippen LogP contribution in [0.4, 0.5) is 0 Å². The largest absolute Gasteiger partial charge is 3.00 e. The van der Waals surface area contributed by atoms with Crippen LogP contribution in [0.3, 0.4) is 0 Å². The zero-order valence-electron chi connectivity index (χ0n) is 4.85. The average molecular weight is 347 g/mol. The number of hydrogen-bond donors (Lipinski definition) is 0.